The second-order valence-corrected chi connectivity index (χ2v) is 8.05. The van der Waals surface area contributed by atoms with Crippen molar-refractivity contribution in [3.63, 3.8) is 0 Å². The number of hydrogen-bond donors (Lipinski definition) is 2. The number of benzene rings is 3. The summed E-state index contributed by atoms with van der Waals surface area (Å²) >= 11 is 5.88. The van der Waals surface area contributed by atoms with Gasteiger partial charge < -0.3 is 4.74 Å². The molecule has 7 nitrogen and oxygen atoms in total. The first kappa shape index (κ1) is 23.1. The van der Waals surface area contributed by atoms with Gasteiger partial charge in [0.1, 0.15) is 11.4 Å². The van der Waals surface area contributed by atoms with Gasteiger partial charge in [-0.1, -0.05) is 66.2 Å². The van der Waals surface area contributed by atoms with Gasteiger partial charge >= 0.3 is 0 Å². The van der Waals surface area contributed by atoms with Crippen molar-refractivity contribution in [2.75, 3.05) is 7.11 Å². The number of ether oxygens (including phenoxy) is 1. The molecule has 4 aromatic rings. The maximum atomic E-state index is 13.0. The molecule has 8 heteroatoms. The van der Waals surface area contributed by atoms with Crippen LogP contribution in [0.2, 0.25) is 5.02 Å². The average molecular weight is 475 g/mol. The predicted molar refractivity (Wildman–Crippen MR) is 131 cm³/mol. The number of methoxy groups -OCH3 is 1. The molecule has 1 heterocycles. The molecule has 0 aliphatic rings. The van der Waals surface area contributed by atoms with Gasteiger partial charge in [-0.25, -0.2) is 0 Å². The van der Waals surface area contributed by atoms with Gasteiger partial charge in [-0.3, -0.25) is 25.1 Å². The molecule has 172 valence electrons. The normalized spacial score (nSPS) is 10.5. The van der Waals surface area contributed by atoms with Crippen LogP contribution in [-0.4, -0.2) is 28.7 Å². The van der Waals surface area contributed by atoms with Crippen LogP contribution in [0.5, 0.6) is 5.75 Å². The fraction of sp³-hybridized carbons (Fsp3) is 0.115. The van der Waals surface area contributed by atoms with E-state index in [0.29, 0.717) is 28.6 Å². The lowest BCUT2D eigenvalue weighted by Crippen LogP contribution is -2.42. The lowest BCUT2D eigenvalue weighted by Gasteiger charge is -2.08. The summed E-state index contributed by atoms with van der Waals surface area (Å²) in [5.41, 5.74) is 8.34. The number of rotatable bonds is 7. The number of hydrazine groups is 1. The molecule has 0 unspecified atom stereocenters. The largest absolute Gasteiger partial charge is 0.497 e. The Morgan fingerprint density at radius 3 is 2.44 bits per heavy atom. The highest BCUT2D eigenvalue weighted by Crippen LogP contribution is 2.26. The van der Waals surface area contributed by atoms with E-state index in [2.05, 4.69) is 16.0 Å². The Kier molecular flexibility index (Phi) is 7.25. The summed E-state index contributed by atoms with van der Waals surface area (Å²) in [5.74, 6) is -0.172. The fourth-order valence-corrected chi connectivity index (χ4v) is 3.57. The molecule has 0 bridgehead atoms. The van der Waals surface area contributed by atoms with Crippen LogP contribution >= 0.6 is 11.6 Å². The first-order chi connectivity index (χ1) is 16.5. The van der Waals surface area contributed by atoms with Crippen LogP contribution in [0.25, 0.3) is 11.3 Å². The highest BCUT2D eigenvalue weighted by molar-refractivity contribution is 6.30. The molecule has 0 saturated heterocycles. The molecule has 4 rings (SSSR count). The summed E-state index contributed by atoms with van der Waals surface area (Å²) in [6.07, 6.45) is 1.77. The van der Waals surface area contributed by atoms with E-state index >= 15 is 0 Å². The van der Waals surface area contributed by atoms with E-state index in [-0.39, 0.29) is 12.3 Å². The van der Waals surface area contributed by atoms with Crippen LogP contribution in [0.15, 0.2) is 85.1 Å². The number of aromatic nitrogens is 2. The zero-order valence-corrected chi connectivity index (χ0v) is 19.3. The molecule has 2 amide bonds. The van der Waals surface area contributed by atoms with Gasteiger partial charge in [-0.05, 0) is 35.4 Å². The summed E-state index contributed by atoms with van der Waals surface area (Å²) in [7, 11) is 1.58. The van der Waals surface area contributed by atoms with Crippen LogP contribution in [0, 0.1) is 0 Å². The monoisotopic (exact) mass is 474 g/mol. The van der Waals surface area contributed by atoms with Gasteiger partial charge in [0.2, 0.25) is 5.91 Å². The third-order valence-corrected chi connectivity index (χ3v) is 5.38. The number of carbonyl (C=O) groups is 2. The molecule has 0 fully saturated rings. The highest BCUT2D eigenvalue weighted by Gasteiger charge is 2.19. The zero-order valence-electron chi connectivity index (χ0n) is 18.5. The van der Waals surface area contributed by atoms with Crippen LogP contribution in [0.3, 0.4) is 0 Å². The van der Waals surface area contributed by atoms with Gasteiger partial charge in [-0.2, -0.15) is 5.10 Å². The summed E-state index contributed by atoms with van der Waals surface area (Å²) in [4.78, 5) is 25.4. The van der Waals surface area contributed by atoms with Gasteiger partial charge in [0, 0.05) is 16.8 Å². The SMILES string of the molecule is COc1cccc(-c2nn(Cc3ccccc3)cc2C(=O)NNC(=O)Cc2ccc(Cl)cc2)c1. The molecule has 0 radical (unpaired) electrons. The smallest absolute Gasteiger partial charge is 0.273 e. The minimum absolute atomic E-state index is 0.105. The number of nitrogens with zero attached hydrogens (tertiary/aromatic N) is 2. The Bertz CT molecular complexity index is 1290. The predicted octanol–water partition coefficient (Wildman–Crippen LogP) is 4.26. The minimum Gasteiger partial charge on any atom is -0.497 e. The van der Waals surface area contributed by atoms with Gasteiger partial charge in [0.05, 0.1) is 25.6 Å². The van der Waals surface area contributed by atoms with E-state index in [0.717, 1.165) is 16.7 Å². The van der Waals surface area contributed by atoms with Crippen molar-refractivity contribution >= 4 is 23.4 Å². The Hall–Kier alpha value is -4.10. The van der Waals surface area contributed by atoms with Crippen molar-refractivity contribution in [3.05, 3.63) is 107 Å². The first-order valence-electron chi connectivity index (χ1n) is 10.6. The van der Waals surface area contributed by atoms with Crippen LogP contribution in [0.4, 0.5) is 0 Å². The summed E-state index contributed by atoms with van der Waals surface area (Å²) in [5, 5.41) is 5.24. The van der Waals surface area contributed by atoms with E-state index in [1.165, 1.54) is 0 Å². The van der Waals surface area contributed by atoms with Crippen molar-refractivity contribution in [2.24, 2.45) is 0 Å². The Morgan fingerprint density at radius 1 is 0.941 bits per heavy atom. The lowest BCUT2D eigenvalue weighted by molar-refractivity contribution is -0.121. The zero-order chi connectivity index (χ0) is 23.9. The molecule has 1 aromatic heterocycles. The van der Waals surface area contributed by atoms with Crippen LogP contribution < -0.4 is 15.6 Å². The number of halogens is 1. The second kappa shape index (κ2) is 10.7. The molecule has 0 saturated carbocycles. The maximum Gasteiger partial charge on any atom is 0.273 e. The number of hydrogen-bond acceptors (Lipinski definition) is 4. The number of carbonyl (C=O) groups excluding carboxylic acids is 2. The molecular weight excluding hydrogens is 452 g/mol. The number of nitrogens with one attached hydrogen (secondary N) is 2. The maximum absolute atomic E-state index is 13.0. The van der Waals surface area contributed by atoms with Crippen molar-refractivity contribution < 1.29 is 14.3 Å². The molecule has 0 aliphatic heterocycles. The van der Waals surface area contributed by atoms with Gasteiger partial charge in [0.15, 0.2) is 0 Å². The second-order valence-electron chi connectivity index (χ2n) is 7.61. The topological polar surface area (TPSA) is 85.2 Å². The molecule has 3 aromatic carbocycles. The summed E-state index contributed by atoms with van der Waals surface area (Å²) in [6, 6.07) is 24.1. The van der Waals surface area contributed by atoms with Crippen molar-refractivity contribution in [3.8, 4) is 17.0 Å². The van der Waals surface area contributed by atoms with Crippen molar-refractivity contribution in [2.45, 2.75) is 13.0 Å². The lowest BCUT2D eigenvalue weighted by atomic mass is 10.1. The Labute approximate surface area is 202 Å². The van der Waals surface area contributed by atoms with Crippen molar-refractivity contribution in [1.29, 1.82) is 0 Å². The van der Waals surface area contributed by atoms with Crippen LogP contribution in [0.1, 0.15) is 21.5 Å². The van der Waals surface area contributed by atoms with E-state index in [4.69, 9.17) is 16.3 Å². The fourth-order valence-electron chi connectivity index (χ4n) is 3.45. The molecule has 0 aliphatic carbocycles. The molecule has 2 N–H and O–H groups in total. The minimum atomic E-state index is -0.471. The number of amides is 2. The molecular formula is C26H23ClN4O3. The highest BCUT2D eigenvalue weighted by atomic mass is 35.5. The van der Waals surface area contributed by atoms with E-state index in [1.54, 1.807) is 42.3 Å². The van der Waals surface area contributed by atoms with Crippen LogP contribution in [-0.2, 0) is 17.8 Å². The van der Waals surface area contributed by atoms with Crippen molar-refractivity contribution in [1.82, 2.24) is 20.6 Å². The summed E-state index contributed by atoms with van der Waals surface area (Å²) in [6.45, 7) is 0.494. The first-order valence-corrected chi connectivity index (χ1v) is 11.0. The third-order valence-electron chi connectivity index (χ3n) is 5.13. The van der Waals surface area contributed by atoms with E-state index < -0.39 is 5.91 Å². The average Bonchev–Trinajstić information content (AvgIpc) is 3.28. The molecule has 34 heavy (non-hydrogen) atoms. The summed E-state index contributed by atoms with van der Waals surface area (Å²) < 4.78 is 7.02. The van der Waals surface area contributed by atoms with E-state index in [9.17, 15) is 9.59 Å². The van der Waals surface area contributed by atoms with Gasteiger partial charge in [-0.15, -0.1) is 0 Å². The standard InChI is InChI=1S/C26H23ClN4O3/c1-34-22-9-5-8-20(15-22)25-23(17-31(30-25)16-19-6-3-2-4-7-19)26(33)29-28-24(32)14-18-10-12-21(27)13-11-18/h2-13,15,17H,14,16H2,1H3,(H,28,32)(H,29,33). The third kappa shape index (κ3) is 5.82. The van der Waals surface area contributed by atoms with E-state index in [1.807, 2.05) is 54.6 Å². The molecule has 0 spiro atoms. The Balaban J connectivity index is 1.53. The van der Waals surface area contributed by atoms with Gasteiger partial charge in [0.25, 0.3) is 5.91 Å². The Morgan fingerprint density at radius 2 is 1.71 bits per heavy atom. The quantitative estimate of drug-likeness (QED) is 0.392. The molecule has 0 atom stereocenters.